The minimum atomic E-state index is -4.65. The lowest BCUT2D eigenvalue weighted by Gasteiger charge is -2.23. The maximum absolute atomic E-state index is 13.8. The Balaban J connectivity index is 0.00000272. The molecule has 0 saturated carbocycles. The Morgan fingerprint density at radius 1 is 1.29 bits per heavy atom. The second-order valence-corrected chi connectivity index (χ2v) is 7.25. The van der Waals surface area contributed by atoms with Gasteiger partial charge < -0.3 is 14.6 Å². The highest BCUT2D eigenvalue weighted by Gasteiger charge is 2.36. The van der Waals surface area contributed by atoms with E-state index in [9.17, 15) is 18.4 Å². The van der Waals surface area contributed by atoms with Crippen LogP contribution in [-0.4, -0.2) is 39.2 Å². The first-order valence-electron chi connectivity index (χ1n) is 9.51. The van der Waals surface area contributed by atoms with Gasteiger partial charge >= 0.3 is 6.18 Å². The standard InChI is InChI=1S/C20H19F3N6O.ClH/c1-29-7-4-14-17(27-16(9-24)28-18(14)29)13-8-15(20(21,22)23)19(26-10-13)30-11-12-2-5-25-6-3-12;/h4,7-8,10,12,25H,2-3,5-6,11H2,1H3;1H. The molecular formula is C20H20ClF3N6O. The van der Waals surface area contributed by atoms with Crippen LogP contribution >= 0.6 is 12.4 Å². The minimum Gasteiger partial charge on any atom is -0.477 e. The van der Waals surface area contributed by atoms with Crippen LogP contribution in [0.25, 0.3) is 22.3 Å². The number of aromatic nitrogens is 4. The van der Waals surface area contributed by atoms with E-state index in [2.05, 4.69) is 20.3 Å². The summed E-state index contributed by atoms with van der Waals surface area (Å²) >= 11 is 0. The smallest absolute Gasteiger partial charge is 0.421 e. The van der Waals surface area contributed by atoms with Gasteiger partial charge in [0.2, 0.25) is 11.7 Å². The summed E-state index contributed by atoms with van der Waals surface area (Å²) in [5, 5.41) is 13.0. The highest BCUT2D eigenvalue weighted by Crippen LogP contribution is 2.38. The fourth-order valence-electron chi connectivity index (χ4n) is 3.55. The molecule has 4 heterocycles. The van der Waals surface area contributed by atoms with Crippen molar-refractivity contribution in [2.24, 2.45) is 13.0 Å². The molecule has 0 aromatic carbocycles. The van der Waals surface area contributed by atoms with Gasteiger partial charge in [0.05, 0.1) is 12.3 Å². The Labute approximate surface area is 182 Å². The van der Waals surface area contributed by atoms with Crippen molar-refractivity contribution in [1.29, 1.82) is 5.26 Å². The van der Waals surface area contributed by atoms with Gasteiger partial charge in [-0.05, 0) is 44.0 Å². The van der Waals surface area contributed by atoms with Crippen LogP contribution in [0.2, 0.25) is 0 Å². The van der Waals surface area contributed by atoms with Crippen molar-refractivity contribution < 1.29 is 17.9 Å². The van der Waals surface area contributed by atoms with Gasteiger partial charge in [0, 0.05) is 30.4 Å². The molecular weight excluding hydrogens is 433 g/mol. The predicted octanol–water partition coefficient (Wildman–Crippen LogP) is 3.72. The second kappa shape index (κ2) is 9.08. The van der Waals surface area contributed by atoms with E-state index in [1.54, 1.807) is 23.9 Å². The topological polar surface area (TPSA) is 88.6 Å². The molecule has 3 aromatic rings. The summed E-state index contributed by atoms with van der Waals surface area (Å²) in [6.45, 7) is 1.84. The Bertz CT molecular complexity index is 1120. The summed E-state index contributed by atoms with van der Waals surface area (Å²) in [5.74, 6) is -0.374. The largest absolute Gasteiger partial charge is 0.477 e. The zero-order chi connectivity index (χ0) is 21.3. The van der Waals surface area contributed by atoms with Gasteiger partial charge in [0.15, 0.2) is 0 Å². The summed E-state index contributed by atoms with van der Waals surface area (Å²) in [6.07, 6.45) is 0.0570. The number of fused-ring (bicyclic) bond motifs is 1. The summed E-state index contributed by atoms with van der Waals surface area (Å²) in [6, 6.07) is 4.52. The molecule has 1 saturated heterocycles. The first-order valence-corrected chi connectivity index (χ1v) is 9.51. The molecule has 31 heavy (non-hydrogen) atoms. The Hall–Kier alpha value is -2.90. The van der Waals surface area contributed by atoms with E-state index in [0.717, 1.165) is 32.0 Å². The van der Waals surface area contributed by atoms with E-state index in [-0.39, 0.29) is 42.0 Å². The fraction of sp³-hybridized carbons (Fsp3) is 0.400. The predicted molar refractivity (Wildman–Crippen MR) is 110 cm³/mol. The van der Waals surface area contributed by atoms with E-state index in [1.807, 2.05) is 6.07 Å². The molecule has 1 N–H and O–H groups in total. The van der Waals surface area contributed by atoms with Gasteiger partial charge in [-0.3, -0.25) is 0 Å². The van der Waals surface area contributed by atoms with Gasteiger partial charge in [-0.2, -0.15) is 18.4 Å². The number of nitriles is 1. The maximum Gasteiger partial charge on any atom is 0.421 e. The Morgan fingerprint density at radius 2 is 2.03 bits per heavy atom. The van der Waals surface area contributed by atoms with Crippen LogP contribution in [0.4, 0.5) is 13.2 Å². The third-order valence-electron chi connectivity index (χ3n) is 5.17. The number of nitrogens with zero attached hydrogens (tertiary/aromatic N) is 5. The molecule has 1 aliphatic rings. The molecule has 3 aromatic heterocycles. The summed E-state index contributed by atoms with van der Waals surface area (Å²) in [5.41, 5.74) is -0.141. The van der Waals surface area contributed by atoms with Crippen molar-refractivity contribution in [3.05, 3.63) is 35.9 Å². The van der Waals surface area contributed by atoms with Crippen LogP contribution in [0.1, 0.15) is 24.2 Å². The van der Waals surface area contributed by atoms with Crippen LogP contribution in [0.15, 0.2) is 24.5 Å². The summed E-state index contributed by atoms with van der Waals surface area (Å²) in [7, 11) is 1.73. The van der Waals surface area contributed by atoms with Gasteiger partial charge in [0.25, 0.3) is 0 Å². The second-order valence-electron chi connectivity index (χ2n) is 7.25. The number of hydrogen-bond donors (Lipinski definition) is 1. The van der Waals surface area contributed by atoms with Gasteiger partial charge in [0.1, 0.15) is 17.3 Å². The quantitative estimate of drug-likeness (QED) is 0.649. The van der Waals surface area contributed by atoms with Crippen molar-refractivity contribution in [3.8, 4) is 23.2 Å². The van der Waals surface area contributed by atoms with Crippen LogP contribution in [0.3, 0.4) is 0 Å². The van der Waals surface area contributed by atoms with Gasteiger partial charge in [-0.25, -0.2) is 15.0 Å². The van der Waals surface area contributed by atoms with Gasteiger partial charge in [-0.1, -0.05) is 0 Å². The lowest BCUT2D eigenvalue weighted by Crippen LogP contribution is -2.30. The molecule has 1 aliphatic heterocycles. The van der Waals surface area contributed by atoms with Gasteiger partial charge in [-0.15, -0.1) is 12.4 Å². The molecule has 0 atom stereocenters. The molecule has 0 spiro atoms. The number of nitrogens with one attached hydrogen (secondary N) is 1. The molecule has 1 fully saturated rings. The van der Waals surface area contributed by atoms with Crippen molar-refractivity contribution in [3.63, 3.8) is 0 Å². The molecule has 0 aliphatic carbocycles. The van der Waals surface area contributed by atoms with Crippen LogP contribution < -0.4 is 10.1 Å². The zero-order valence-corrected chi connectivity index (χ0v) is 17.4. The van der Waals surface area contributed by atoms with Crippen molar-refractivity contribution in [1.82, 2.24) is 24.8 Å². The lowest BCUT2D eigenvalue weighted by molar-refractivity contribution is -0.139. The molecule has 0 bridgehead atoms. The average molecular weight is 453 g/mol. The van der Waals surface area contributed by atoms with E-state index in [4.69, 9.17) is 4.74 Å². The third kappa shape index (κ3) is 4.73. The first kappa shape index (κ1) is 22.8. The molecule has 0 amide bonds. The number of rotatable bonds is 4. The van der Waals surface area contributed by atoms with E-state index < -0.39 is 17.6 Å². The molecule has 7 nitrogen and oxygen atoms in total. The van der Waals surface area contributed by atoms with E-state index >= 15 is 0 Å². The monoisotopic (exact) mass is 452 g/mol. The number of piperidine rings is 1. The maximum atomic E-state index is 13.8. The number of alkyl halides is 3. The summed E-state index contributed by atoms with van der Waals surface area (Å²) in [4.78, 5) is 12.2. The van der Waals surface area contributed by atoms with Crippen molar-refractivity contribution in [2.75, 3.05) is 19.7 Å². The van der Waals surface area contributed by atoms with Crippen LogP contribution in [0.5, 0.6) is 5.88 Å². The normalized spacial score (nSPS) is 14.8. The minimum absolute atomic E-state index is 0. The highest BCUT2D eigenvalue weighted by molar-refractivity contribution is 5.91. The number of ether oxygens (including phenoxy) is 1. The number of halogens is 4. The molecule has 11 heteroatoms. The lowest BCUT2D eigenvalue weighted by atomic mass is 9.99. The average Bonchev–Trinajstić information content (AvgIpc) is 3.12. The zero-order valence-electron chi connectivity index (χ0n) is 16.6. The number of aryl methyl sites for hydroxylation is 1. The SMILES string of the molecule is Cl.Cn1ccc2c(-c3cnc(OCC4CCNCC4)c(C(F)(F)F)c3)nc(C#N)nc21. The number of pyridine rings is 1. The molecule has 0 unspecified atom stereocenters. The van der Waals surface area contributed by atoms with Crippen molar-refractivity contribution >= 4 is 23.4 Å². The van der Waals surface area contributed by atoms with E-state index in [0.29, 0.717) is 11.0 Å². The number of hydrogen-bond acceptors (Lipinski definition) is 6. The van der Waals surface area contributed by atoms with Crippen LogP contribution in [-0.2, 0) is 13.2 Å². The molecule has 164 valence electrons. The Morgan fingerprint density at radius 3 is 2.71 bits per heavy atom. The van der Waals surface area contributed by atoms with Crippen LogP contribution in [0, 0.1) is 17.2 Å². The first-order chi connectivity index (χ1) is 14.4. The Kier molecular flexibility index (Phi) is 6.67. The third-order valence-corrected chi connectivity index (χ3v) is 5.17. The fourth-order valence-corrected chi connectivity index (χ4v) is 3.55. The molecule has 4 rings (SSSR count). The van der Waals surface area contributed by atoms with E-state index in [1.165, 1.54) is 6.20 Å². The van der Waals surface area contributed by atoms with Crippen molar-refractivity contribution in [2.45, 2.75) is 19.0 Å². The summed E-state index contributed by atoms with van der Waals surface area (Å²) < 4.78 is 48.4. The highest BCUT2D eigenvalue weighted by atomic mass is 35.5. The molecule has 0 radical (unpaired) electrons.